The third-order valence-corrected chi connectivity index (χ3v) is 7.03. The molecule has 2 aromatic carbocycles. The fourth-order valence-electron chi connectivity index (χ4n) is 3.81. The highest BCUT2D eigenvalue weighted by atomic mass is 32.2. The second kappa shape index (κ2) is 9.18. The minimum Gasteiger partial charge on any atom is -0.376 e. The van der Waals surface area contributed by atoms with Crippen molar-refractivity contribution in [2.45, 2.75) is 42.6 Å². The minimum absolute atomic E-state index is 0.0616. The number of nitrogens with one attached hydrogen (secondary N) is 1. The van der Waals surface area contributed by atoms with Gasteiger partial charge in [0.25, 0.3) is 0 Å². The van der Waals surface area contributed by atoms with Crippen LogP contribution in [0.1, 0.15) is 25.3 Å². The number of amides is 2. The monoisotopic (exact) mass is 428 g/mol. The predicted molar refractivity (Wildman–Crippen MR) is 115 cm³/mol. The van der Waals surface area contributed by atoms with Crippen LogP contribution in [0.15, 0.2) is 53.4 Å². The molecule has 4 rings (SSSR count). The maximum Gasteiger partial charge on any atom is 0.241 e. The number of hydrogen-bond donors (Lipinski definition) is 1. The summed E-state index contributed by atoms with van der Waals surface area (Å²) >= 11 is 1.43. The number of carbonyl (C=O) groups is 2. The molecule has 5 nitrogen and oxygen atoms in total. The third-order valence-electron chi connectivity index (χ3n) is 5.57. The van der Waals surface area contributed by atoms with E-state index in [9.17, 15) is 14.0 Å². The third kappa shape index (κ3) is 4.52. The van der Waals surface area contributed by atoms with Crippen LogP contribution >= 0.6 is 11.8 Å². The average molecular weight is 429 g/mol. The molecule has 3 atom stereocenters. The van der Waals surface area contributed by atoms with Crippen LogP contribution in [0.2, 0.25) is 0 Å². The Morgan fingerprint density at radius 2 is 2.03 bits per heavy atom. The van der Waals surface area contributed by atoms with E-state index >= 15 is 0 Å². The number of halogens is 1. The number of hydrogen-bond acceptors (Lipinski definition) is 4. The first-order chi connectivity index (χ1) is 14.5. The first-order valence-corrected chi connectivity index (χ1v) is 11.1. The molecule has 0 bridgehead atoms. The number of ether oxygens (including phenoxy) is 1. The maximum atomic E-state index is 13.4. The van der Waals surface area contributed by atoms with Gasteiger partial charge in [-0.25, -0.2) is 4.39 Å². The molecule has 2 aliphatic rings. The number of benzene rings is 2. The van der Waals surface area contributed by atoms with Gasteiger partial charge in [-0.15, -0.1) is 11.8 Å². The summed E-state index contributed by atoms with van der Waals surface area (Å²) in [5, 5.41) is 2.42. The second-order valence-electron chi connectivity index (χ2n) is 7.73. The summed E-state index contributed by atoms with van der Waals surface area (Å²) in [5.41, 5.74) is 1.65. The lowest BCUT2D eigenvalue weighted by Gasteiger charge is -2.35. The number of carbonyl (C=O) groups excluding carboxylic acids is 2. The van der Waals surface area contributed by atoms with Gasteiger partial charge in [-0.05, 0) is 42.7 Å². The number of para-hydroxylation sites is 1. The Morgan fingerprint density at radius 3 is 2.77 bits per heavy atom. The topological polar surface area (TPSA) is 58.6 Å². The molecule has 2 heterocycles. The van der Waals surface area contributed by atoms with Crippen LogP contribution in [0, 0.1) is 11.7 Å². The summed E-state index contributed by atoms with van der Waals surface area (Å²) in [7, 11) is 0. The van der Waals surface area contributed by atoms with Crippen LogP contribution in [0.3, 0.4) is 0 Å². The molecule has 30 heavy (non-hydrogen) atoms. The molecule has 2 amide bonds. The smallest absolute Gasteiger partial charge is 0.241 e. The van der Waals surface area contributed by atoms with E-state index in [1.54, 1.807) is 24.0 Å². The van der Waals surface area contributed by atoms with Crippen molar-refractivity contribution in [3.05, 3.63) is 59.9 Å². The average Bonchev–Trinajstić information content (AvgIpc) is 3.28. The van der Waals surface area contributed by atoms with Crippen molar-refractivity contribution in [2.24, 2.45) is 5.92 Å². The second-order valence-corrected chi connectivity index (χ2v) is 8.91. The van der Waals surface area contributed by atoms with E-state index in [4.69, 9.17) is 4.74 Å². The number of nitrogens with zero attached hydrogens (tertiary/aromatic N) is 1. The van der Waals surface area contributed by atoms with Gasteiger partial charge in [0.15, 0.2) is 0 Å². The first-order valence-electron chi connectivity index (χ1n) is 10.2. The first kappa shape index (κ1) is 20.9. The Bertz CT molecular complexity index is 915. The van der Waals surface area contributed by atoms with Crippen molar-refractivity contribution < 1.29 is 18.7 Å². The SMILES string of the molecule is CC(C(=O)NCC1CCCO1)C1Sc2ccccc2N(Cc2ccc(F)cc2)C1=O. The zero-order valence-electron chi connectivity index (χ0n) is 16.8. The van der Waals surface area contributed by atoms with E-state index < -0.39 is 11.2 Å². The highest BCUT2D eigenvalue weighted by molar-refractivity contribution is 8.01. The molecule has 2 aromatic rings. The van der Waals surface area contributed by atoms with Gasteiger partial charge >= 0.3 is 0 Å². The molecular formula is C23H25FN2O3S. The Labute approximate surface area is 180 Å². The van der Waals surface area contributed by atoms with Crippen molar-refractivity contribution in [1.82, 2.24) is 5.32 Å². The normalized spacial score (nSPS) is 21.9. The molecule has 2 aliphatic heterocycles. The minimum atomic E-state index is -0.523. The number of anilines is 1. The van der Waals surface area contributed by atoms with Crippen molar-refractivity contribution in [3.63, 3.8) is 0 Å². The van der Waals surface area contributed by atoms with Crippen molar-refractivity contribution >= 4 is 29.3 Å². The quantitative estimate of drug-likeness (QED) is 0.761. The largest absolute Gasteiger partial charge is 0.376 e. The van der Waals surface area contributed by atoms with E-state index in [0.29, 0.717) is 13.1 Å². The lowest BCUT2D eigenvalue weighted by molar-refractivity contribution is -0.128. The molecule has 0 saturated carbocycles. The van der Waals surface area contributed by atoms with Crippen LogP contribution in [0.5, 0.6) is 0 Å². The number of fused-ring (bicyclic) bond motifs is 1. The fraction of sp³-hybridized carbons (Fsp3) is 0.391. The molecule has 0 radical (unpaired) electrons. The Morgan fingerprint density at radius 1 is 1.27 bits per heavy atom. The number of thioether (sulfide) groups is 1. The summed E-state index contributed by atoms with van der Waals surface area (Å²) in [5.74, 6) is -1.05. The van der Waals surface area contributed by atoms with Gasteiger partial charge in [-0.1, -0.05) is 31.2 Å². The molecule has 1 fully saturated rings. The molecule has 3 unspecified atom stereocenters. The standard InChI is InChI=1S/C23H25FN2O3S/c1-15(22(27)25-13-18-5-4-12-29-18)21-23(28)26(14-16-8-10-17(24)11-9-16)19-6-2-3-7-20(19)30-21/h2-3,6-11,15,18,21H,4-5,12-14H2,1H3,(H,25,27). The fourth-order valence-corrected chi connectivity index (χ4v) is 5.09. The number of rotatable bonds is 6. The van der Waals surface area contributed by atoms with E-state index in [1.807, 2.05) is 24.3 Å². The summed E-state index contributed by atoms with van der Waals surface area (Å²) in [4.78, 5) is 28.8. The highest BCUT2D eigenvalue weighted by Crippen LogP contribution is 2.42. The van der Waals surface area contributed by atoms with Crippen molar-refractivity contribution in [2.75, 3.05) is 18.1 Å². The van der Waals surface area contributed by atoms with E-state index in [2.05, 4.69) is 5.32 Å². The van der Waals surface area contributed by atoms with Crippen LogP contribution < -0.4 is 10.2 Å². The van der Waals surface area contributed by atoms with Crippen molar-refractivity contribution in [3.8, 4) is 0 Å². The Balaban J connectivity index is 1.51. The van der Waals surface area contributed by atoms with Gasteiger partial charge in [0.2, 0.25) is 11.8 Å². The van der Waals surface area contributed by atoms with Gasteiger partial charge in [0, 0.05) is 18.0 Å². The van der Waals surface area contributed by atoms with Gasteiger partial charge in [-0.3, -0.25) is 9.59 Å². The molecule has 7 heteroatoms. The Kier molecular flexibility index (Phi) is 6.39. The lowest BCUT2D eigenvalue weighted by Crippen LogP contribution is -2.48. The van der Waals surface area contributed by atoms with Gasteiger partial charge in [0.1, 0.15) is 11.1 Å². The highest BCUT2D eigenvalue weighted by Gasteiger charge is 2.39. The van der Waals surface area contributed by atoms with Crippen LogP contribution in [-0.2, 0) is 20.9 Å². The van der Waals surface area contributed by atoms with Crippen molar-refractivity contribution in [1.29, 1.82) is 0 Å². The summed E-state index contributed by atoms with van der Waals surface area (Å²) in [6.07, 6.45) is 2.03. The predicted octanol–water partition coefficient (Wildman–Crippen LogP) is 3.76. The zero-order valence-corrected chi connectivity index (χ0v) is 17.7. The van der Waals surface area contributed by atoms with E-state index in [0.717, 1.165) is 35.6 Å². The summed E-state index contributed by atoms with van der Waals surface area (Å²) in [6, 6.07) is 13.8. The lowest BCUT2D eigenvalue weighted by atomic mass is 10.0. The van der Waals surface area contributed by atoms with Crippen LogP contribution in [0.4, 0.5) is 10.1 Å². The summed E-state index contributed by atoms with van der Waals surface area (Å²) in [6.45, 7) is 3.34. The van der Waals surface area contributed by atoms with Gasteiger partial charge in [-0.2, -0.15) is 0 Å². The molecule has 0 aliphatic carbocycles. The molecule has 158 valence electrons. The van der Waals surface area contributed by atoms with E-state index in [1.165, 1.54) is 23.9 Å². The molecular weight excluding hydrogens is 403 g/mol. The van der Waals surface area contributed by atoms with Crippen LogP contribution in [-0.4, -0.2) is 36.3 Å². The zero-order chi connectivity index (χ0) is 21.1. The van der Waals surface area contributed by atoms with Gasteiger partial charge < -0.3 is 15.0 Å². The molecule has 1 N–H and O–H groups in total. The molecule has 0 spiro atoms. The summed E-state index contributed by atoms with van der Waals surface area (Å²) < 4.78 is 18.9. The van der Waals surface area contributed by atoms with Gasteiger partial charge in [0.05, 0.1) is 24.3 Å². The maximum absolute atomic E-state index is 13.4. The van der Waals surface area contributed by atoms with E-state index in [-0.39, 0.29) is 23.7 Å². The Hall–Kier alpha value is -2.38. The van der Waals surface area contributed by atoms with Crippen LogP contribution in [0.25, 0.3) is 0 Å². The molecule has 0 aromatic heterocycles. The molecule has 1 saturated heterocycles.